The minimum absolute atomic E-state index is 0.110. The van der Waals surface area contributed by atoms with Gasteiger partial charge in [-0.05, 0) is 25.0 Å². The second-order valence-electron chi connectivity index (χ2n) is 7.24. The van der Waals surface area contributed by atoms with Gasteiger partial charge in [-0.1, -0.05) is 58.0 Å². The molecule has 0 aliphatic rings. The number of esters is 2. The Labute approximate surface area is 192 Å². The highest BCUT2D eigenvalue weighted by Gasteiger charge is 2.38. The fourth-order valence-electron chi connectivity index (χ4n) is 3.20. The van der Waals surface area contributed by atoms with Gasteiger partial charge in [-0.25, -0.2) is 18.9 Å². The fourth-order valence-corrected chi connectivity index (χ4v) is 6.30. The first-order chi connectivity index (χ1) is 15.4. The third-order valence-corrected chi connectivity index (χ3v) is 8.22. The Kier molecular flexibility index (Phi) is 13.5. The maximum Gasteiger partial charge on any atom is 0.330 e. The Morgan fingerprint density at radius 3 is 1.66 bits per heavy atom. The molecule has 0 spiro atoms. The zero-order valence-electron chi connectivity index (χ0n) is 19.4. The summed E-state index contributed by atoms with van der Waals surface area (Å²) in [6, 6.07) is 9.35. The molecule has 1 aromatic carbocycles. The average Bonchev–Trinajstić information content (AvgIpc) is 2.82. The maximum absolute atomic E-state index is 14.8. The van der Waals surface area contributed by atoms with E-state index in [4.69, 9.17) is 9.47 Å². The van der Waals surface area contributed by atoms with Crippen LogP contribution in [0, 0.1) is 0 Å². The molecule has 32 heavy (non-hydrogen) atoms. The van der Waals surface area contributed by atoms with E-state index in [9.17, 15) is 14.2 Å². The first-order valence-corrected chi connectivity index (χ1v) is 12.8. The maximum atomic E-state index is 14.8. The molecular formula is C24H37N2O5P. The third-order valence-electron chi connectivity index (χ3n) is 4.92. The first-order valence-electron chi connectivity index (χ1n) is 11.2. The Hall–Kier alpha value is -2.21. The predicted octanol–water partition coefficient (Wildman–Crippen LogP) is 4.17. The van der Waals surface area contributed by atoms with Crippen LogP contribution in [0.2, 0.25) is 0 Å². The van der Waals surface area contributed by atoms with E-state index in [1.165, 1.54) is 0 Å². The zero-order valence-corrected chi connectivity index (χ0v) is 20.3. The third kappa shape index (κ3) is 8.73. The molecule has 0 aromatic heterocycles. The van der Waals surface area contributed by atoms with Gasteiger partial charge in [0.15, 0.2) is 0 Å². The van der Waals surface area contributed by atoms with Crippen LogP contribution >= 0.6 is 7.44 Å². The van der Waals surface area contributed by atoms with Crippen LogP contribution in [-0.4, -0.2) is 60.7 Å². The van der Waals surface area contributed by atoms with Crippen LogP contribution < -0.4 is 5.30 Å². The number of hydrogen-bond acceptors (Lipinski definition) is 5. The summed E-state index contributed by atoms with van der Waals surface area (Å²) in [6.07, 6.45) is 5.80. The van der Waals surface area contributed by atoms with E-state index in [0.717, 1.165) is 37.8 Å². The van der Waals surface area contributed by atoms with Gasteiger partial charge in [-0.2, -0.15) is 0 Å². The van der Waals surface area contributed by atoms with Crippen molar-refractivity contribution in [1.29, 1.82) is 0 Å². The molecule has 1 rings (SSSR count). The summed E-state index contributed by atoms with van der Waals surface area (Å²) in [5.41, 5.74) is 0. The largest absolute Gasteiger partial charge is 0.461 e. The molecule has 0 fully saturated rings. The first kappa shape index (κ1) is 27.8. The fraction of sp³-hybridized carbons (Fsp3) is 0.500. The van der Waals surface area contributed by atoms with E-state index in [1.54, 1.807) is 0 Å². The highest BCUT2D eigenvalue weighted by atomic mass is 31.2. The van der Waals surface area contributed by atoms with Crippen LogP contribution in [0.25, 0.3) is 0 Å². The molecule has 1 aromatic rings. The Balaban J connectivity index is 3.30. The zero-order chi connectivity index (χ0) is 23.8. The van der Waals surface area contributed by atoms with Crippen molar-refractivity contribution in [3.63, 3.8) is 0 Å². The Bertz CT molecular complexity index is 727. The molecule has 0 aliphatic carbocycles. The predicted molar refractivity (Wildman–Crippen MR) is 129 cm³/mol. The van der Waals surface area contributed by atoms with Gasteiger partial charge in [0.2, 0.25) is 7.44 Å². The van der Waals surface area contributed by atoms with E-state index in [0.29, 0.717) is 31.5 Å². The number of rotatable bonds is 17. The second kappa shape index (κ2) is 15.6. The summed E-state index contributed by atoms with van der Waals surface area (Å²) < 4.78 is 29.1. The molecule has 0 unspecified atom stereocenters. The molecule has 0 N–H and O–H groups in total. The number of unbranched alkanes of at least 4 members (excludes halogenated alkanes) is 2. The van der Waals surface area contributed by atoms with Crippen molar-refractivity contribution in [2.75, 3.05) is 39.4 Å². The topological polar surface area (TPSA) is 76.2 Å². The van der Waals surface area contributed by atoms with E-state index < -0.39 is 19.4 Å². The molecule has 0 atom stereocenters. The number of ether oxygens (including phenoxy) is 2. The van der Waals surface area contributed by atoms with Crippen molar-refractivity contribution >= 4 is 24.7 Å². The summed E-state index contributed by atoms with van der Waals surface area (Å²) in [6.45, 7) is 13.0. The lowest BCUT2D eigenvalue weighted by atomic mass is 10.3. The number of carbonyl (C=O) groups is 2. The highest BCUT2D eigenvalue weighted by Crippen LogP contribution is 2.52. The van der Waals surface area contributed by atoms with E-state index in [-0.39, 0.29) is 13.2 Å². The highest BCUT2D eigenvalue weighted by molar-refractivity contribution is 7.67. The standard InChI is InChI=1S/C24H37N2O5P/c1-5-9-16-25(18-20-30-23(27)7-3)32(29,22-14-12-11-13-15-22)26(17-10-6-2)19-21-31-24(28)8-4/h7-8,11-15H,3-6,9-10,16-21H2,1-2H3. The summed E-state index contributed by atoms with van der Waals surface area (Å²) >= 11 is 0. The molecule has 0 saturated carbocycles. The SMILES string of the molecule is C=CC(=O)OCCN(CCCC)P(=O)(c1ccccc1)N(CCCC)CCOC(=O)C=C. The molecule has 0 amide bonds. The number of carbonyl (C=O) groups excluding carboxylic acids is 2. The monoisotopic (exact) mass is 464 g/mol. The molecular weight excluding hydrogens is 427 g/mol. The van der Waals surface area contributed by atoms with E-state index in [2.05, 4.69) is 27.0 Å². The number of hydrogen-bond donors (Lipinski definition) is 0. The molecule has 0 heterocycles. The van der Waals surface area contributed by atoms with Gasteiger partial charge in [0, 0.05) is 43.6 Å². The van der Waals surface area contributed by atoms with Crippen molar-refractivity contribution in [2.24, 2.45) is 0 Å². The summed E-state index contributed by atoms with van der Waals surface area (Å²) in [5, 5.41) is 0.706. The van der Waals surface area contributed by atoms with E-state index in [1.807, 2.05) is 39.7 Å². The van der Waals surface area contributed by atoms with Crippen molar-refractivity contribution in [1.82, 2.24) is 9.34 Å². The van der Waals surface area contributed by atoms with Gasteiger partial charge in [0.1, 0.15) is 13.2 Å². The quantitative estimate of drug-likeness (QED) is 0.195. The molecule has 8 heteroatoms. The van der Waals surface area contributed by atoms with Crippen LogP contribution in [0.3, 0.4) is 0 Å². The van der Waals surface area contributed by atoms with Crippen molar-refractivity contribution < 1.29 is 23.6 Å². The summed E-state index contributed by atoms with van der Waals surface area (Å²) in [7, 11) is -3.26. The average molecular weight is 465 g/mol. The van der Waals surface area contributed by atoms with Crippen LogP contribution in [0.15, 0.2) is 55.6 Å². The van der Waals surface area contributed by atoms with Crippen LogP contribution in [0.1, 0.15) is 39.5 Å². The lowest BCUT2D eigenvalue weighted by Gasteiger charge is -2.39. The number of benzene rings is 1. The second-order valence-corrected chi connectivity index (χ2v) is 9.97. The molecule has 178 valence electrons. The lowest BCUT2D eigenvalue weighted by Crippen LogP contribution is -2.41. The van der Waals surface area contributed by atoms with Crippen molar-refractivity contribution in [2.45, 2.75) is 39.5 Å². The van der Waals surface area contributed by atoms with Crippen molar-refractivity contribution in [3.8, 4) is 0 Å². The Morgan fingerprint density at radius 1 is 0.844 bits per heavy atom. The molecule has 0 radical (unpaired) electrons. The smallest absolute Gasteiger partial charge is 0.330 e. The van der Waals surface area contributed by atoms with Crippen molar-refractivity contribution in [3.05, 3.63) is 55.6 Å². The minimum atomic E-state index is -3.26. The minimum Gasteiger partial charge on any atom is -0.461 e. The normalized spacial score (nSPS) is 11.4. The lowest BCUT2D eigenvalue weighted by molar-refractivity contribution is -0.138. The molecule has 0 saturated heterocycles. The van der Waals surface area contributed by atoms with Gasteiger partial charge < -0.3 is 9.47 Å². The molecule has 0 aliphatic heterocycles. The van der Waals surface area contributed by atoms with E-state index >= 15 is 0 Å². The Morgan fingerprint density at radius 2 is 1.28 bits per heavy atom. The van der Waals surface area contributed by atoms with Gasteiger partial charge in [0.05, 0.1) is 0 Å². The van der Waals surface area contributed by atoms with Gasteiger partial charge >= 0.3 is 11.9 Å². The van der Waals surface area contributed by atoms with Gasteiger partial charge in [-0.15, -0.1) is 0 Å². The summed E-state index contributed by atoms with van der Waals surface area (Å²) in [5.74, 6) is -1.01. The summed E-state index contributed by atoms with van der Waals surface area (Å²) in [4.78, 5) is 23.1. The van der Waals surface area contributed by atoms with Gasteiger partial charge in [-0.3, -0.25) is 4.57 Å². The van der Waals surface area contributed by atoms with Crippen LogP contribution in [0.5, 0.6) is 0 Å². The van der Waals surface area contributed by atoms with Gasteiger partial charge in [0.25, 0.3) is 0 Å². The molecule has 0 bridgehead atoms. The van der Waals surface area contributed by atoms with Crippen LogP contribution in [-0.2, 0) is 23.6 Å². The number of nitrogens with zero attached hydrogens (tertiary/aromatic N) is 2. The molecule has 7 nitrogen and oxygen atoms in total. The van der Waals surface area contributed by atoms with Crippen LogP contribution in [0.4, 0.5) is 0 Å².